The van der Waals surface area contributed by atoms with Crippen molar-refractivity contribution in [1.29, 1.82) is 0 Å². The summed E-state index contributed by atoms with van der Waals surface area (Å²) in [6, 6.07) is 14.2. The average molecular weight is 733 g/mol. The number of fused-ring (bicyclic) bond motifs is 3. The number of methoxy groups -OCH3 is 4. The zero-order valence-corrected chi connectivity index (χ0v) is 28.9. The van der Waals surface area contributed by atoms with Gasteiger partial charge in [0.2, 0.25) is 0 Å². The van der Waals surface area contributed by atoms with Gasteiger partial charge in [-0.15, -0.1) is 0 Å². The molecular weight excluding hydrogens is 706 g/mol. The fourth-order valence-electron chi connectivity index (χ4n) is 5.38. The number of hydrogen-bond acceptors (Lipinski definition) is 12. The van der Waals surface area contributed by atoms with Crippen molar-refractivity contribution in [3.8, 4) is 0 Å². The molecule has 1 amide bonds. The second-order valence-corrected chi connectivity index (χ2v) is 14.7. The number of amides is 1. The molecule has 0 saturated heterocycles. The van der Waals surface area contributed by atoms with Gasteiger partial charge in [0.15, 0.2) is 0 Å². The van der Waals surface area contributed by atoms with Crippen LogP contribution < -0.4 is 4.90 Å². The van der Waals surface area contributed by atoms with Gasteiger partial charge >= 0.3 is 23.9 Å². The van der Waals surface area contributed by atoms with E-state index < -0.39 is 33.5 Å². The van der Waals surface area contributed by atoms with Gasteiger partial charge in [0.1, 0.15) is 18.8 Å². The number of esters is 4. The largest absolute Gasteiger partial charge is 0.466 e. The highest BCUT2D eigenvalue weighted by Gasteiger charge is 2.61. The lowest BCUT2D eigenvalue weighted by atomic mass is 9.83. The Labute approximate surface area is 280 Å². The number of halogens is 1. The van der Waals surface area contributed by atoms with Gasteiger partial charge in [0, 0.05) is 20.5 Å². The SMILES string of the molecule is COC(=O)C1=C(C(=O)OC)SC2(S1)C(C(=O)OC)=C(C(=O)OC)SC1=C2c2ccccc2N(C(=O)c2ccccc2Br)C1(C)C. The molecule has 2 aromatic rings. The van der Waals surface area contributed by atoms with Gasteiger partial charge < -0.3 is 18.9 Å². The summed E-state index contributed by atoms with van der Waals surface area (Å²) < 4.78 is 19.3. The Kier molecular flexibility index (Phi) is 9.06. The number of thioether (sulfide) groups is 3. The first-order chi connectivity index (χ1) is 21.4. The van der Waals surface area contributed by atoms with E-state index >= 15 is 0 Å². The molecule has 0 atom stereocenters. The van der Waals surface area contributed by atoms with E-state index in [0.717, 1.165) is 35.3 Å². The second kappa shape index (κ2) is 12.4. The minimum absolute atomic E-state index is 0.110. The normalized spacial score (nSPS) is 17.9. The maximum atomic E-state index is 14.4. The van der Waals surface area contributed by atoms with Crippen molar-refractivity contribution in [2.24, 2.45) is 0 Å². The number of carbonyl (C=O) groups is 5. The maximum Gasteiger partial charge on any atom is 0.345 e. The number of rotatable bonds is 5. The highest BCUT2D eigenvalue weighted by atomic mass is 79.9. The second-order valence-electron chi connectivity index (χ2n) is 10.2. The number of carbonyl (C=O) groups excluding carboxylic acids is 5. The van der Waals surface area contributed by atoms with Crippen molar-refractivity contribution < 1.29 is 42.9 Å². The molecule has 3 aliphatic heterocycles. The lowest BCUT2D eigenvalue weighted by molar-refractivity contribution is -0.138. The van der Waals surface area contributed by atoms with E-state index in [2.05, 4.69) is 15.9 Å². The standard InChI is InChI=1S/C31H26BrNO9S3/c1-30(2)24-19(16-12-8-10-14-18(16)33(30)25(34)15-11-7-9-13-17(15)32)31(20(26(35)39-3)21(43-24)27(36)40-4)44-22(28(37)41-5)23(45-31)29(38)42-6/h7-14H,1-6H3. The first kappa shape index (κ1) is 32.9. The summed E-state index contributed by atoms with van der Waals surface area (Å²) in [5.74, 6) is -3.69. The molecule has 3 heterocycles. The first-order valence-corrected chi connectivity index (χ1v) is 16.5. The van der Waals surface area contributed by atoms with E-state index in [9.17, 15) is 24.0 Å². The van der Waals surface area contributed by atoms with Crippen LogP contribution in [0.5, 0.6) is 0 Å². The number of nitrogens with zero attached hydrogens (tertiary/aromatic N) is 1. The van der Waals surface area contributed by atoms with E-state index in [-0.39, 0.29) is 26.2 Å². The van der Waals surface area contributed by atoms with Crippen molar-refractivity contribution >= 4 is 92.3 Å². The Hall–Kier alpha value is -3.46. The fraction of sp³-hybridized carbons (Fsp3) is 0.258. The summed E-state index contributed by atoms with van der Waals surface area (Å²) in [5.41, 5.74) is 0.696. The molecule has 14 heteroatoms. The summed E-state index contributed by atoms with van der Waals surface area (Å²) in [5, 5.41) is 0. The van der Waals surface area contributed by atoms with Gasteiger partial charge in [-0.3, -0.25) is 9.69 Å². The van der Waals surface area contributed by atoms with Crippen LogP contribution in [0.3, 0.4) is 0 Å². The van der Waals surface area contributed by atoms with E-state index in [1.165, 1.54) is 28.4 Å². The zero-order chi connectivity index (χ0) is 32.8. The van der Waals surface area contributed by atoms with Crippen LogP contribution >= 0.6 is 51.2 Å². The predicted octanol–water partition coefficient (Wildman–Crippen LogP) is 5.68. The van der Waals surface area contributed by atoms with E-state index in [1.54, 1.807) is 53.4 Å². The van der Waals surface area contributed by atoms with E-state index in [1.807, 2.05) is 13.8 Å². The molecule has 1 spiro atoms. The van der Waals surface area contributed by atoms with Crippen molar-refractivity contribution in [3.63, 3.8) is 0 Å². The van der Waals surface area contributed by atoms with Crippen LogP contribution in [-0.2, 0) is 38.1 Å². The molecular formula is C31H26BrNO9S3. The maximum absolute atomic E-state index is 14.4. The topological polar surface area (TPSA) is 126 Å². The van der Waals surface area contributed by atoms with E-state index in [0.29, 0.717) is 31.8 Å². The van der Waals surface area contributed by atoms with Crippen molar-refractivity contribution in [1.82, 2.24) is 0 Å². The molecule has 0 aliphatic carbocycles. The van der Waals surface area contributed by atoms with Crippen LogP contribution in [0.25, 0.3) is 5.57 Å². The smallest absolute Gasteiger partial charge is 0.345 e. The molecule has 234 valence electrons. The zero-order valence-electron chi connectivity index (χ0n) is 24.8. The van der Waals surface area contributed by atoms with Crippen LogP contribution in [0.1, 0.15) is 29.8 Å². The molecule has 0 fully saturated rings. The lowest BCUT2D eigenvalue weighted by Crippen LogP contribution is -2.53. The molecule has 5 rings (SSSR count). The molecule has 0 saturated carbocycles. The molecule has 0 unspecified atom stereocenters. The number of ether oxygens (including phenoxy) is 4. The third-order valence-corrected chi connectivity index (χ3v) is 12.7. The summed E-state index contributed by atoms with van der Waals surface area (Å²) in [6.07, 6.45) is 0. The van der Waals surface area contributed by atoms with Crippen molar-refractivity contribution in [3.05, 3.63) is 89.3 Å². The van der Waals surface area contributed by atoms with Crippen molar-refractivity contribution in [2.45, 2.75) is 23.5 Å². The highest BCUT2D eigenvalue weighted by Crippen LogP contribution is 2.71. The highest BCUT2D eigenvalue weighted by molar-refractivity contribution is 9.10. The molecule has 2 aromatic carbocycles. The Bertz CT molecular complexity index is 1750. The van der Waals surface area contributed by atoms with Gasteiger partial charge in [-0.2, -0.15) is 0 Å². The molecule has 0 aromatic heterocycles. The molecule has 0 radical (unpaired) electrons. The lowest BCUT2D eigenvalue weighted by Gasteiger charge is -2.50. The van der Waals surface area contributed by atoms with E-state index in [4.69, 9.17) is 18.9 Å². The van der Waals surface area contributed by atoms with Crippen LogP contribution in [-0.4, -0.2) is 67.8 Å². The molecule has 0 N–H and O–H groups in total. The summed E-state index contributed by atoms with van der Waals surface area (Å²) >= 11 is 6.24. The van der Waals surface area contributed by atoms with Gasteiger partial charge in [0.25, 0.3) is 5.91 Å². The number of para-hydroxylation sites is 1. The number of anilines is 1. The minimum atomic E-state index is -1.64. The van der Waals surface area contributed by atoms with Crippen LogP contribution in [0.15, 0.2) is 78.2 Å². The quantitative estimate of drug-likeness (QED) is 0.278. The Balaban J connectivity index is 1.88. The van der Waals surface area contributed by atoms with Gasteiger partial charge in [-0.05, 0) is 48.0 Å². The van der Waals surface area contributed by atoms with Crippen LogP contribution in [0.4, 0.5) is 5.69 Å². The molecule has 0 bridgehead atoms. The monoisotopic (exact) mass is 731 g/mol. The minimum Gasteiger partial charge on any atom is -0.466 e. The summed E-state index contributed by atoms with van der Waals surface area (Å²) in [4.78, 5) is 69.6. The number of hydrogen-bond donors (Lipinski definition) is 0. The average Bonchev–Trinajstić information content (AvgIpc) is 3.43. The summed E-state index contributed by atoms with van der Waals surface area (Å²) in [7, 11) is 4.69. The van der Waals surface area contributed by atoms with Gasteiger partial charge in [0.05, 0.1) is 50.8 Å². The summed E-state index contributed by atoms with van der Waals surface area (Å²) in [6.45, 7) is 3.65. The number of benzene rings is 2. The predicted molar refractivity (Wildman–Crippen MR) is 176 cm³/mol. The van der Waals surface area contributed by atoms with Crippen LogP contribution in [0, 0.1) is 0 Å². The third kappa shape index (κ3) is 5.11. The first-order valence-electron chi connectivity index (χ1n) is 13.2. The molecule has 10 nitrogen and oxygen atoms in total. The van der Waals surface area contributed by atoms with Crippen molar-refractivity contribution in [2.75, 3.05) is 33.3 Å². The van der Waals surface area contributed by atoms with Gasteiger partial charge in [-0.1, -0.05) is 65.6 Å². The Morgan fingerprint density at radius 2 is 1.22 bits per heavy atom. The molecule has 45 heavy (non-hydrogen) atoms. The third-order valence-electron chi connectivity index (χ3n) is 7.35. The Morgan fingerprint density at radius 3 is 1.78 bits per heavy atom. The van der Waals surface area contributed by atoms with Gasteiger partial charge in [-0.25, -0.2) is 19.2 Å². The fourth-order valence-corrected chi connectivity index (χ4v) is 10.9. The van der Waals surface area contributed by atoms with Crippen LogP contribution in [0.2, 0.25) is 0 Å². The molecule has 3 aliphatic rings. The Morgan fingerprint density at radius 1 is 0.711 bits per heavy atom.